The number of hydrogen-bond acceptors (Lipinski definition) is 4. The Labute approximate surface area is 142 Å². The topological polar surface area (TPSA) is 55.8 Å². The van der Waals surface area contributed by atoms with E-state index in [4.69, 9.17) is 9.47 Å². The highest BCUT2D eigenvalue weighted by Crippen LogP contribution is 2.28. The maximum Gasteiger partial charge on any atom is 0.307 e. The summed E-state index contributed by atoms with van der Waals surface area (Å²) in [5.74, 6) is 0.679. The minimum absolute atomic E-state index is 0.0115. The first-order chi connectivity index (χ1) is 11.7. The second-order valence-electron chi connectivity index (χ2n) is 6.43. The van der Waals surface area contributed by atoms with E-state index < -0.39 is 0 Å². The molecule has 0 aromatic heterocycles. The highest BCUT2D eigenvalue weighted by Gasteiger charge is 2.30. The molecule has 5 nitrogen and oxygen atoms in total. The first-order valence-corrected chi connectivity index (χ1v) is 8.91. The van der Waals surface area contributed by atoms with Crippen LogP contribution in [0.4, 0.5) is 0 Å². The highest BCUT2D eigenvalue weighted by atomic mass is 16.5. The summed E-state index contributed by atoms with van der Waals surface area (Å²) in [6.45, 7) is 3.63. The van der Waals surface area contributed by atoms with Crippen LogP contribution in [-0.4, -0.2) is 42.6 Å². The first kappa shape index (κ1) is 16.8. The van der Waals surface area contributed by atoms with Crippen LogP contribution < -0.4 is 4.74 Å². The largest absolute Gasteiger partial charge is 0.493 e. The molecular formula is C19H25NO4. The smallest absolute Gasteiger partial charge is 0.307 e. The number of carbonyl (C=O) groups excluding carboxylic acids is 2. The van der Waals surface area contributed by atoms with Gasteiger partial charge in [-0.1, -0.05) is 0 Å². The molecule has 0 saturated carbocycles. The Balaban J connectivity index is 1.75. The predicted octanol–water partition coefficient (Wildman–Crippen LogP) is 2.96. The molecule has 1 aromatic carbocycles. The van der Waals surface area contributed by atoms with Crippen LogP contribution in [-0.2, 0) is 16.0 Å². The van der Waals surface area contributed by atoms with Gasteiger partial charge in [-0.05, 0) is 62.8 Å². The number of hydrogen-bond donors (Lipinski definition) is 0. The van der Waals surface area contributed by atoms with E-state index in [1.807, 2.05) is 23.1 Å². The third-order valence-electron chi connectivity index (χ3n) is 4.75. The van der Waals surface area contributed by atoms with Gasteiger partial charge in [-0.2, -0.15) is 0 Å². The van der Waals surface area contributed by atoms with Gasteiger partial charge in [0.1, 0.15) is 5.75 Å². The first-order valence-electron chi connectivity index (χ1n) is 8.91. The molecule has 1 atom stereocenters. The van der Waals surface area contributed by atoms with Crippen LogP contribution in [0.5, 0.6) is 5.75 Å². The number of rotatable bonds is 4. The molecule has 0 unspecified atom stereocenters. The molecule has 0 aliphatic carbocycles. The molecule has 1 saturated heterocycles. The number of ether oxygens (including phenoxy) is 2. The van der Waals surface area contributed by atoms with Crippen molar-refractivity contribution < 1.29 is 19.1 Å². The van der Waals surface area contributed by atoms with E-state index >= 15 is 0 Å². The Hall–Kier alpha value is -2.04. The van der Waals surface area contributed by atoms with Gasteiger partial charge >= 0.3 is 5.97 Å². The Morgan fingerprint density at radius 2 is 2.17 bits per heavy atom. The SMILES string of the molecule is CCOC(=O)C[C@H]1CCCCN1C(=O)c1ccc2c(c1)CCCO2. The number of carbonyl (C=O) groups is 2. The summed E-state index contributed by atoms with van der Waals surface area (Å²) in [5.41, 5.74) is 1.79. The highest BCUT2D eigenvalue weighted by molar-refractivity contribution is 5.95. The van der Waals surface area contributed by atoms with Crippen molar-refractivity contribution in [2.45, 2.75) is 51.5 Å². The average molecular weight is 331 g/mol. The quantitative estimate of drug-likeness (QED) is 0.796. The fourth-order valence-corrected chi connectivity index (χ4v) is 3.55. The Bertz CT molecular complexity index is 613. The van der Waals surface area contributed by atoms with Crippen LogP contribution in [0.3, 0.4) is 0 Å². The zero-order chi connectivity index (χ0) is 16.9. The van der Waals surface area contributed by atoms with E-state index in [-0.39, 0.29) is 24.3 Å². The molecule has 1 amide bonds. The molecule has 3 rings (SSSR count). The number of nitrogens with zero attached hydrogens (tertiary/aromatic N) is 1. The summed E-state index contributed by atoms with van der Waals surface area (Å²) < 4.78 is 10.7. The van der Waals surface area contributed by atoms with Crippen molar-refractivity contribution >= 4 is 11.9 Å². The zero-order valence-corrected chi connectivity index (χ0v) is 14.3. The third kappa shape index (κ3) is 3.71. The Kier molecular flexibility index (Phi) is 5.38. The summed E-state index contributed by atoms with van der Waals surface area (Å²) in [4.78, 5) is 26.7. The molecule has 24 heavy (non-hydrogen) atoms. The lowest BCUT2D eigenvalue weighted by molar-refractivity contribution is -0.144. The Morgan fingerprint density at radius 3 is 3.00 bits per heavy atom. The molecular weight excluding hydrogens is 306 g/mol. The van der Waals surface area contributed by atoms with E-state index in [9.17, 15) is 9.59 Å². The molecule has 0 radical (unpaired) electrons. The van der Waals surface area contributed by atoms with Gasteiger partial charge in [-0.25, -0.2) is 0 Å². The number of aryl methyl sites for hydroxylation is 1. The van der Waals surface area contributed by atoms with Crippen molar-refractivity contribution in [3.8, 4) is 5.75 Å². The maximum absolute atomic E-state index is 13.0. The van der Waals surface area contributed by atoms with Crippen LogP contribution in [0, 0.1) is 0 Å². The number of fused-ring (bicyclic) bond motifs is 1. The summed E-state index contributed by atoms with van der Waals surface area (Å²) in [5, 5.41) is 0. The maximum atomic E-state index is 13.0. The molecule has 2 heterocycles. The number of likely N-dealkylation sites (tertiary alicyclic amines) is 1. The lowest BCUT2D eigenvalue weighted by Crippen LogP contribution is -2.45. The minimum Gasteiger partial charge on any atom is -0.493 e. The molecule has 1 aromatic rings. The van der Waals surface area contributed by atoms with Gasteiger partial charge in [0.2, 0.25) is 0 Å². The van der Waals surface area contributed by atoms with E-state index in [1.165, 1.54) is 0 Å². The monoisotopic (exact) mass is 331 g/mol. The molecule has 1 fully saturated rings. The van der Waals surface area contributed by atoms with Crippen molar-refractivity contribution in [1.29, 1.82) is 0 Å². The average Bonchev–Trinajstić information content (AvgIpc) is 2.61. The molecule has 130 valence electrons. The van der Waals surface area contributed by atoms with Crippen molar-refractivity contribution in [2.75, 3.05) is 19.8 Å². The molecule has 0 spiro atoms. The standard InChI is InChI=1S/C19H25NO4/c1-2-23-18(21)13-16-7-3-4-10-20(16)19(22)15-8-9-17-14(12-15)6-5-11-24-17/h8-9,12,16H,2-7,10-11,13H2,1H3/t16-/m1/s1. The second kappa shape index (κ2) is 7.69. The predicted molar refractivity (Wildman–Crippen MR) is 90.2 cm³/mol. The van der Waals surface area contributed by atoms with Crippen LogP contribution in [0.25, 0.3) is 0 Å². The summed E-state index contributed by atoms with van der Waals surface area (Å²) in [6, 6.07) is 5.62. The lowest BCUT2D eigenvalue weighted by atomic mass is 9.97. The van der Waals surface area contributed by atoms with Crippen LogP contribution in [0.2, 0.25) is 0 Å². The van der Waals surface area contributed by atoms with Gasteiger partial charge in [-0.15, -0.1) is 0 Å². The fraction of sp³-hybridized carbons (Fsp3) is 0.579. The van der Waals surface area contributed by atoms with Crippen LogP contribution in [0.1, 0.15) is 54.9 Å². The normalized spacial score (nSPS) is 20.0. The zero-order valence-electron chi connectivity index (χ0n) is 14.3. The van der Waals surface area contributed by atoms with Crippen molar-refractivity contribution in [1.82, 2.24) is 4.90 Å². The van der Waals surface area contributed by atoms with Crippen molar-refractivity contribution in [2.24, 2.45) is 0 Å². The summed E-state index contributed by atoms with van der Waals surface area (Å²) in [6.07, 6.45) is 5.11. The molecule has 5 heteroatoms. The van der Waals surface area contributed by atoms with Crippen molar-refractivity contribution in [3.05, 3.63) is 29.3 Å². The van der Waals surface area contributed by atoms with E-state index in [1.54, 1.807) is 6.92 Å². The van der Waals surface area contributed by atoms with Crippen LogP contribution >= 0.6 is 0 Å². The van der Waals surface area contributed by atoms with Crippen molar-refractivity contribution in [3.63, 3.8) is 0 Å². The number of amides is 1. The van der Waals surface area contributed by atoms with E-state index in [2.05, 4.69) is 0 Å². The summed E-state index contributed by atoms with van der Waals surface area (Å²) in [7, 11) is 0. The van der Waals surface area contributed by atoms with Crippen LogP contribution in [0.15, 0.2) is 18.2 Å². The minimum atomic E-state index is -0.221. The fourth-order valence-electron chi connectivity index (χ4n) is 3.55. The summed E-state index contributed by atoms with van der Waals surface area (Å²) >= 11 is 0. The molecule has 2 aliphatic heterocycles. The van der Waals surface area contributed by atoms with E-state index in [0.29, 0.717) is 18.7 Å². The van der Waals surface area contributed by atoms with Gasteiger partial charge < -0.3 is 14.4 Å². The van der Waals surface area contributed by atoms with Gasteiger partial charge in [0.05, 0.1) is 19.6 Å². The number of esters is 1. The Morgan fingerprint density at radius 1 is 1.29 bits per heavy atom. The third-order valence-corrected chi connectivity index (χ3v) is 4.75. The number of piperidine rings is 1. The van der Waals surface area contributed by atoms with Gasteiger partial charge in [0, 0.05) is 18.2 Å². The van der Waals surface area contributed by atoms with Gasteiger partial charge in [0.25, 0.3) is 5.91 Å². The van der Waals surface area contributed by atoms with E-state index in [0.717, 1.165) is 50.0 Å². The second-order valence-corrected chi connectivity index (χ2v) is 6.43. The lowest BCUT2D eigenvalue weighted by Gasteiger charge is -2.35. The molecule has 0 N–H and O–H groups in total. The number of benzene rings is 1. The molecule has 2 aliphatic rings. The van der Waals surface area contributed by atoms with Gasteiger partial charge in [0.15, 0.2) is 0 Å². The van der Waals surface area contributed by atoms with Gasteiger partial charge in [-0.3, -0.25) is 9.59 Å². The molecule has 0 bridgehead atoms.